The summed E-state index contributed by atoms with van der Waals surface area (Å²) >= 11 is 0. The van der Waals surface area contributed by atoms with Crippen LogP contribution in [0.4, 0.5) is 9.18 Å². The Kier molecular flexibility index (Phi) is 8.80. The van der Waals surface area contributed by atoms with Crippen LogP contribution >= 0.6 is 0 Å². The maximum Gasteiger partial charge on any atom is 0.408 e. The Morgan fingerprint density at radius 3 is 2.38 bits per heavy atom. The molecule has 2 heterocycles. The quantitative estimate of drug-likeness (QED) is 0.221. The van der Waals surface area contributed by atoms with Gasteiger partial charge in [-0.25, -0.2) is 9.18 Å². The van der Waals surface area contributed by atoms with Crippen LogP contribution in [0.15, 0.2) is 53.5 Å². The number of hydrogen-bond donors (Lipinski definition) is 1. The van der Waals surface area contributed by atoms with Crippen molar-refractivity contribution in [2.24, 2.45) is 5.92 Å². The zero-order valence-electron chi connectivity index (χ0n) is 25.6. The Bertz CT molecular complexity index is 1660. The van der Waals surface area contributed by atoms with Gasteiger partial charge in [0.25, 0.3) is 5.56 Å². The van der Waals surface area contributed by atoms with Gasteiger partial charge in [-0.15, -0.1) is 0 Å². The summed E-state index contributed by atoms with van der Waals surface area (Å²) in [7, 11) is 1.59. The molecule has 2 aromatic heterocycles. The van der Waals surface area contributed by atoms with Gasteiger partial charge in [0, 0.05) is 17.1 Å². The number of amides is 1. The van der Waals surface area contributed by atoms with E-state index in [-0.39, 0.29) is 35.9 Å². The van der Waals surface area contributed by atoms with Gasteiger partial charge >= 0.3 is 6.09 Å². The number of pyridine rings is 2. The van der Waals surface area contributed by atoms with E-state index in [1.54, 1.807) is 38.4 Å². The van der Waals surface area contributed by atoms with Crippen molar-refractivity contribution in [3.8, 4) is 11.5 Å². The maximum absolute atomic E-state index is 16.3. The van der Waals surface area contributed by atoms with Crippen LogP contribution in [-0.4, -0.2) is 40.5 Å². The number of rotatable bonds is 9. The number of ether oxygens (including phenoxy) is 3. The largest absolute Gasteiger partial charge is 0.497 e. The highest BCUT2D eigenvalue weighted by Gasteiger charge is 2.27. The van der Waals surface area contributed by atoms with Crippen molar-refractivity contribution >= 4 is 27.8 Å². The van der Waals surface area contributed by atoms with Crippen molar-refractivity contribution in [3.05, 3.63) is 76.1 Å². The molecule has 42 heavy (non-hydrogen) atoms. The monoisotopic (exact) mass is 577 g/mol. The smallest absolute Gasteiger partial charge is 0.408 e. The molecule has 0 spiro atoms. The van der Waals surface area contributed by atoms with Gasteiger partial charge in [-0.3, -0.25) is 9.78 Å². The van der Waals surface area contributed by atoms with Crippen LogP contribution in [0, 0.1) is 18.7 Å². The fourth-order valence-corrected chi connectivity index (χ4v) is 5.29. The Morgan fingerprint density at radius 2 is 1.74 bits per heavy atom. The number of nitrogens with one attached hydrogen (secondary N) is 1. The van der Waals surface area contributed by atoms with Crippen molar-refractivity contribution in [1.29, 1.82) is 0 Å². The highest BCUT2D eigenvalue weighted by atomic mass is 19.1. The van der Waals surface area contributed by atoms with E-state index in [1.807, 2.05) is 65.8 Å². The maximum atomic E-state index is 16.3. The van der Waals surface area contributed by atoms with Gasteiger partial charge in [0.1, 0.15) is 11.4 Å². The van der Waals surface area contributed by atoms with E-state index >= 15 is 4.39 Å². The molecule has 0 fully saturated rings. The SMILES string of the molecule is COc1ccc(Cn2c(=O)c3c(C)nccc3c3ccc(OCC(C)CC(C)(C)NC(=O)OC(C)(C)C)c(F)c32)cc1. The summed E-state index contributed by atoms with van der Waals surface area (Å²) in [5.74, 6) is 0.111. The van der Waals surface area contributed by atoms with Crippen LogP contribution in [0.5, 0.6) is 11.5 Å². The third-order valence-electron chi connectivity index (χ3n) is 6.96. The van der Waals surface area contributed by atoms with Crippen LogP contribution in [0.3, 0.4) is 0 Å². The number of benzene rings is 2. The minimum absolute atomic E-state index is 0.0307. The van der Waals surface area contributed by atoms with Crippen LogP contribution in [0.25, 0.3) is 21.7 Å². The van der Waals surface area contributed by atoms with Gasteiger partial charge < -0.3 is 24.1 Å². The first kappa shape index (κ1) is 30.8. The lowest BCUT2D eigenvalue weighted by Gasteiger charge is -2.30. The molecule has 4 rings (SSSR count). The Morgan fingerprint density at radius 1 is 1.05 bits per heavy atom. The number of methoxy groups -OCH3 is 1. The van der Waals surface area contributed by atoms with E-state index in [9.17, 15) is 9.59 Å². The second-order valence-corrected chi connectivity index (χ2v) is 12.5. The highest BCUT2D eigenvalue weighted by molar-refractivity contribution is 6.06. The summed E-state index contributed by atoms with van der Waals surface area (Å²) in [6, 6.07) is 12.5. The molecule has 4 aromatic rings. The van der Waals surface area contributed by atoms with Crippen molar-refractivity contribution in [2.75, 3.05) is 13.7 Å². The van der Waals surface area contributed by atoms with E-state index < -0.39 is 23.1 Å². The average Bonchev–Trinajstić information content (AvgIpc) is 2.89. The number of carbonyl (C=O) groups is 1. The Labute approximate surface area is 245 Å². The molecule has 1 unspecified atom stereocenters. The topological polar surface area (TPSA) is 91.7 Å². The zero-order valence-corrected chi connectivity index (χ0v) is 25.6. The summed E-state index contributed by atoms with van der Waals surface area (Å²) in [5, 5.41) is 4.60. The number of halogens is 1. The van der Waals surface area contributed by atoms with E-state index in [2.05, 4.69) is 10.3 Å². The Balaban J connectivity index is 1.65. The van der Waals surface area contributed by atoms with E-state index in [0.29, 0.717) is 34.0 Å². The molecule has 0 aliphatic rings. The van der Waals surface area contributed by atoms with Gasteiger partial charge in [-0.1, -0.05) is 19.1 Å². The molecule has 224 valence electrons. The first-order valence-electron chi connectivity index (χ1n) is 14.1. The van der Waals surface area contributed by atoms with Crippen LogP contribution < -0.4 is 20.3 Å². The molecule has 1 atom stereocenters. The zero-order chi connectivity index (χ0) is 30.8. The molecule has 0 aliphatic carbocycles. The van der Waals surface area contributed by atoms with Gasteiger partial charge in [0.2, 0.25) is 0 Å². The Hall–Kier alpha value is -4.14. The molecule has 0 saturated carbocycles. The standard InChI is InChI=1S/C33H40FN3O5/c1-20(17-33(6,7)36-31(39)42-32(3,4)5)19-41-26-14-13-25-24-15-16-35-21(2)27(24)30(38)37(29(25)28(26)34)18-22-9-11-23(40-8)12-10-22/h9-16,20H,17-19H2,1-8H3,(H,36,39). The molecule has 0 bridgehead atoms. The first-order valence-corrected chi connectivity index (χ1v) is 14.1. The fraction of sp³-hybridized carbons (Fsp3) is 0.424. The second-order valence-electron chi connectivity index (χ2n) is 12.5. The molecule has 0 radical (unpaired) electrons. The van der Waals surface area contributed by atoms with Crippen LogP contribution in [-0.2, 0) is 11.3 Å². The lowest BCUT2D eigenvalue weighted by atomic mass is 9.92. The summed E-state index contributed by atoms with van der Waals surface area (Å²) in [6.45, 7) is 13.4. The third kappa shape index (κ3) is 7.01. The van der Waals surface area contributed by atoms with Gasteiger partial charge in [-0.2, -0.15) is 0 Å². The van der Waals surface area contributed by atoms with Gasteiger partial charge in [0.15, 0.2) is 11.6 Å². The second kappa shape index (κ2) is 12.0. The average molecular weight is 578 g/mol. The molecular formula is C33H40FN3O5. The predicted molar refractivity (Wildman–Crippen MR) is 163 cm³/mol. The number of aromatic nitrogens is 2. The number of hydrogen-bond acceptors (Lipinski definition) is 6. The number of aryl methyl sites for hydroxylation is 1. The predicted octanol–water partition coefficient (Wildman–Crippen LogP) is 6.76. The summed E-state index contributed by atoms with van der Waals surface area (Å²) in [5.41, 5.74) is 0.0805. The normalized spacial score (nSPS) is 12.8. The van der Waals surface area contributed by atoms with Gasteiger partial charge in [-0.05, 0) is 95.2 Å². The fourth-order valence-electron chi connectivity index (χ4n) is 5.29. The van der Waals surface area contributed by atoms with Crippen LogP contribution in [0.2, 0.25) is 0 Å². The molecule has 0 saturated heterocycles. The summed E-state index contributed by atoms with van der Waals surface area (Å²) in [4.78, 5) is 30.4. The number of nitrogens with zero attached hydrogens (tertiary/aromatic N) is 2. The molecular weight excluding hydrogens is 537 g/mol. The minimum Gasteiger partial charge on any atom is -0.497 e. The lowest BCUT2D eigenvalue weighted by molar-refractivity contribution is 0.0455. The van der Waals surface area contributed by atoms with Crippen molar-refractivity contribution in [1.82, 2.24) is 14.9 Å². The lowest BCUT2D eigenvalue weighted by Crippen LogP contribution is -2.47. The van der Waals surface area contributed by atoms with E-state index in [4.69, 9.17) is 14.2 Å². The molecule has 2 aromatic carbocycles. The minimum atomic E-state index is -0.604. The molecule has 1 N–H and O–H groups in total. The number of fused-ring (bicyclic) bond motifs is 3. The van der Waals surface area contributed by atoms with E-state index in [1.165, 1.54) is 4.57 Å². The van der Waals surface area contributed by atoms with Gasteiger partial charge in [0.05, 0.1) is 36.9 Å². The highest BCUT2D eigenvalue weighted by Crippen LogP contribution is 2.32. The van der Waals surface area contributed by atoms with Crippen molar-refractivity contribution in [3.63, 3.8) is 0 Å². The van der Waals surface area contributed by atoms with E-state index in [0.717, 1.165) is 5.56 Å². The summed E-state index contributed by atoms with van der Waals surface area (Å²) < 4.78 is 34.4. The molecule has 0 aliphatic heterocycles. The molecule has 9 heteroatoms. The number of alkyl carbamates (subject to hydrolysis) is 1. The summed E-state index contributed by atoms with van der Waals surface area (Å²) in [6.07, 6.45) is 1.70. The molecule has 1 amide bonds. The van der Waals surface area contributed by atoms with Crippen molar-refractivity contribution in [2.45, 2.75) is 72.6 Å². The molecule has 8 nitrogen and oxygen atoms in total. The van der Waals surface area contributed by atoms with Crippen LogP contribution in [0.1, 0.15) is 59.2 Å². The van der Waals surface area contributed by atoms with Crippen molar-refractivity contribution < 1.29 is 23.4 Å². The first-order chi connectivity index (χ1) is 19.7. The number of carbonyl (C=O) groups excluding carboxylic acids is 1. The third-order valence-corrected chi connectivity index (χ3v) is 6.96.